The Morgan fingerprint density at radius 3 is 2.42 bits per heavy atom. The summed E-state index contributed by atoms with van der Waals surface area (Å²) in [5, 5.41) is 4.99. The summed E-state index contributed by atoms with van der Waals surface area (Å²) in [6.45, 7) is 15.8. The van der Waals surface area contributed by atoms with E-state index in [2.05, 4.69) is 115 Å². The van der Waals surface area contributed by atoms with Crippen LogP contribution in [-0.4, -0.2) is 4.98 Å². The first-order valence-electron chi connectivity index (χ1n) is 13.6. The Hall–Kier alpha value is -3.43. The molecule has 6 rings (SSSR count). The Morgan fingerprint density at radius 1 is 0.868 bits per heavy atom. The van der Waals surface area contributed by atoms with Crippen molar-refractivity contribution in [3.8, 4) is 22.4 Å². The van der Waals surface area contributed by atoms with Crippen molar-refractivity contribution in [2.45, 2.75) is 60.3 Å². The van der Waals surface area contributed by atoms with Gasteiger partial charge in [0.25, 0.3) is 0 Å². The molecule has 0 atom stereocenters. The Bertz CT molecular complexity index is 1830. The lowest BCUT2D eigenvalue weighted by atomic mass is 9.82. The third kappa shape index (κ3) is 4.33. The standard InChI is InChI=1S/C35H35NOS/c1-20(2)14-27-16-25-13-12-24(18-32(25)37-27)29-19-31(36-34-33(29)21(3)22(4)38-34)26-15-23-10-8-9-11-28(23)30(17-26)35(5,6)7/h8-13,15-20H,14H2,1-7H3. The first kappa shape index (κ1) is 24.9. The van der Waals surface area contributed by atoms with Crippen molar-refractivity contribution in [2.24, 2.45) is 5.92 Å². The number of hydrogen-bond acceptors (Lipinski definition) is 3. The van der Waals surface area contributed by atoms with Gasteiger partial charge in [-0.3, -0.25) is 0 Å². The predicted octanol–water partition coefficient (Wildman–Crippen LogP) is 10.6. The highest BCUT2D eigenvalue weighted by atomic mass is 32.1. The molecule has 3 aromatic heterocycles. The van der Waals surface area contributed by atoms with Crippen LogP contribution in [0.4, 0.5) is 0 Å². The second-order valence-electron chi connectivity index (χ2n) is 12.1. The highest BCUT2D eigenvalue weighted by molar-refractivity contribution is 7.18. The number of nitrogens with zero attached hydrogens (tertiary/aromatic N) is 1. The van der Waals surface area contributed by atoms with Crippen LogP contribution in [0, 0.1) is 19.8 Å². The summed E-state index contributed by atoms with van der Waals surface area (Å²) < 4.78 is 6.29. The molecule has 0 fully saturated rings. The number of rotatable bonds is 4. The summed E-state index contributed by atoms with van der Waals surface area (Å²) in [7, 11) is 0. The van der Waals surface area contributed by atoms with Gasteiger partial charge in [-0.2, -0.15) is 0 Å². The Kier molecular flexibility index (Phi) is 5.96. The van der Waals surface area contributed by atoms with Gasteiger partial charge in [-0.15, -0.1) is 11.3 Å². The zero-order chi connectivity index (χ0) is 26.8. The lowest BCUT2D eigenvalue weighted by Crippen LogP contribution is -2.12. The predicted molar refractivity (Wildman–Crippen MR) is 164 cm³/mol. The van der Waals surface area contributed by atoms with Crippen LogP contribution in [0.5, 0.6) is 0 Å². The molecule has 3 heterocycles. The van der Waals surface area contributed by atoms with Crippen LogP contribution in [0.1, 0.15) is 56.4 Å². The fourth-order valence-electron chi connectivity index (χ4n) is 5.57. The smallest absolute Gasteiger partial charge is 0.134 e. The molecule has 0 aliphatic heterocycles. The third-order valence-corrected chi connectivity index (χ3v) is 8.70. The molecule has 0 spiro atoms. The van der Waals surface area contributed by atoms with Gasteiger partial charge in [0.2, 0.25) is 0 Å². The number of pyridine rings is 1. The fourth-order valence-corrected chi connectivity index (χ4v) is 6.62. The number of benzene rings is 3. The van der Waals surface area contributed by atoms with Gasteiger partial charge in [0, 0.05) is 27.6 Å². The van der Waals surface area contributed by atoms with Crippen molar-refractivity contribution in [3.05, 3.63) is 88.5 Å². The van der Waals surface area contributed by atoms with Gasteiger partial charge < -0.3 is 4.42 Å². The second kappa shape index (κ2) is 9.10. The molecular formula is C35H35NOS. The van der Waals surface area contributed by atoms with E-state index in [0.29, 0.717) is 5.92 Å². The highest BCUT2D eigenvalue weighted by Crippen LogP contribution is 2.41. The maximum atomic E-state index is 6.29. The second-order valence-corrected chi connectivity index (χ2v) is 13.3. The lowest BCUT2D eigenvalue weighted by molar-refractivity contribution is 0.500. The van der Waals surface area contributed by atoms with E-state index in [1.54, 1.807) is 11.3 Å². The van der Waals surface area contributed by atoms with E-state index in [-0.39, 0.29) is 5.41 Å². The molecule has 38 heavy (non-hydrogen) atoms. The van der Waals surface area contributed by atoms with Gasteiger partial charge in [-0.1, -0.05) is 71.0 Å². The van der Waals surface area contributed by atoms with Crippen LogP contribution in [0.25, 0.3) is 54.3 Å². The first-order valence-corrected chi connectivity index (χ1v) is 14.4. The average molecular weight is 518 g/mol. The molecule has 0 aliphatic rings. The molecule has 0 unspecified atom stereocenters. The fraction of sp³-hybridized carbons (Fsp3) is 0.286. The normalized spacial score (nSPS) is 12.4. The third-order valence-electron chi connectivity index (χ3n) is 7.60. The van der Waals surface area contributed by atoms with E-state index in [4.69, 9.17) is 9.40 Å². The summed E-state index contributed by atoms with van der Waals surface area (Å²) in [6.07, 6.45) is 0.953. The van der Waals surface area contributed by atoms with Crippen molar-refractivity contribution in [3.63, 3.8) is 0 Å². The van der Waals surface area contributed by atoms with Crippen LogP contribution >= 0.6 is 11.3 Å². The van der Waals surface area contributed by atoms with E-state index in [1.807, 2.05) is 0 Å². The van der Waals surface area contributed by atoms with Crippen molar-refractivity contribution in [2.75, 3.05) is 0 Å². The molecule has 0 saturated heterocycles. The van der Waals surface area contributed by atoms with Gasteiger partial charge >= 0.3 is 0 Å². The van der Waals surface area contributed by atoms with E-state index < -0.39 is 0 Å². The maximum Gasteiger partial charge on any atom is 0.134 e. The molecule has 192 valence electrons. The quantitative estimate of drug-likeness (QED) is 0.232. The van der Waals surface area contributed by atoms with Crippen LogP contribution < -0.4 is 0 Å². The Balaban J connectivity index is 1.59. The molecule has 6 aromatic rings. The van der Waals surface area contributed by atoms with Crippen molar-refractivity contribution in [1.29, 1.82) is 0 Å². The topological polar surface area (TPSA) is 26.0 Å². The van der Waals surface area contributed by atoms with Gasteiger partial charge in [0.1, 0.15) is 16.2 Å². The van der Waals surface area contributed by atoms with Gasteiger partial charge in [0.05, 0.1) is 5.69 Å². The minimum absolute atomic E-state index is 0.0245. The molecule has 0 N–H and O–H groups in total. The van der Waals surface area contributed by atoms with E-state index in [9.17, 15) is 0 Å². The number of thiophene rings is 1. The van der Waals surface area contributed by atoms with Gasteiger partial charge in [-0.25, -0.2) is 4.98 Å². The molecule has 2 nitrogen and oxygen atoms in total. The van der Waals surface area contributed by atoms with Gasteiger partial charge in [0.15, 0.2) is 0 Å². The van der Waals surface area contributed by atoms with Crippen LogP contribution in [-0.2, 0) is 11.8 Å². The molecule has 3 heteroatoms. The largest absolute Gasteiger partial charge is 0.461 e. The molecule has 0 saturated carbocycles. The molecule has 3 aromatic carbocycles. The zero-order valence-electron chi connectivity index (χ0n) is 23.4. The monoisotopic (exact) mass is 517 g/mol. The van der Waals surface area contributed by atoms with Crippen molar-refractivity contribution >= 4 is 43.3 Å². The molecule has 0 aliphatic carbocycles. The summed E-state index contributed by atoms with van der Waals surface area (Å²) in [5.41, 5.74) is 8.22. The number of aryl methyl sites for hydroxylation is 2. The maximum absolute atomic E-state index is 6.29. The van der Waals surface area contributed by atoms with Crippen molar-refractivity contribution in [1.82, 2.24) is 4.98 Å². The number of aromatic nitrogens is 1. The van der Waals surface area contributed by atoms with E-state index >= 15 is 0 Å². The van der Waals surface area contributed by atoms with E-state index in [1.165, 1.54) is 48.9 Å². The summed E-state index contributed by atoms with van der Waals surface area (Å²) in [5.74, 6) is 1.62. The number of furan rings is 1. The molecular weight excluding hydrogens is 482 g/mol. The highest BCUT2D eigenvalue weighted by Gasteiger charge is 2.21. The molecule has 0 bridgehead atoms. The number of hydrogen-bond donors (Lipinski definition) is 0. The zero-order valence-corrected chi connectivity index (χ0v) is 24.2. The van der Waals surface area contributed by atoms with Crippen LogP contribution in [0.15, 0.2) is 71.1 Å². The van der Waals surface area contributed by atoms with Crippen LogP contribution in [0.2, 0.25) is 0 Å². The van der Waals surface area contributed by atoms with Crippen LogP contribution in [0.3, 0.4) is 0 Å². The summed E-state index contributed by atoms with van der Waals surface area (Å²) in [6, 6.07) is 24.5. The summed E-state index contributed by atoms with van der Waals surface area (Å²) in [4.78, 5) is 7.65. The van der Waals surface area contributed by atoms with E-state index in [0.717, 1.165) is 33.7 Å². The SMILES string of the molecule is Cc1sc2nc(-c3cc(C(C)(C)C)c4ccccc4c3)cc(-c3ccc4cc(CC(C)C)oc4c3)c2c1C. The lowest BCUT2D eigenvalue weighted by Gasteiger charge is -2.23. The number of fused-ring (bicyclic) bond motifs is 3. The van der Waals surface area contributed by atoms with Crippen molar-refractivity contribution < 1.29 is 4.42 Å². The minimum Gasteiger partial charge on any atom is -0.461 e. The minimum atomic E-state index is 0.0245. The summed E-state index contributed by atoms with van der Waals surface area (Å²) >= 11 is 1.79. The Labute approximate surface area is 229 Å². The van der Waals surface area contributed by atoms with Gasteiger partial charge in [-0.05, 0) is 88.5 Å². The first-order chi connectivity index (χ1) is 18.1. The molecule has 0 amide bonds. The Morgan fingerprint density at radius 2 is 1.66 bits per heavy atom. The average Bonchev–Trinajstić information content (AvgIpc) is 3.40. The molecule has 0 radical (unpaired) electrons.